The van der Waals surface area contributed by atoms with Crippen molar-refractivity contribution in [2.24, 2.45) is 0 Å². The van der Waals surface area contributed by atoms with Crippen molar-refractivity contribution in [3.63, 3.8) is 0 Å². The first kappa shape index (κ1) is 19.0. The lowest BCUT2D eigenvalue weighted by Crippen LogP contribution is -2.24. The Hall–Kier alpha value is -2.00. The normalized spacial score (nSPS) is 12.0. The van der Waals surface area contributed by atoms with E-state index in [0.717, 1.165) is 0 Å². The predicted octanol–water partition coefficient (Wildman–Crippen LogP) is 1.61. The van der Waals surface area contributed by atoms with Gasteiger partial charge in [-0.1, -0.05) is 5.16 Å². The zero-order chi connectivity index (χ0) is 16.3. The van der Waals surface area contributed by atoms with Crippen LogP contribution in [-0.4, -0.2) is 37.9 Å². The van der Waals surface area contributed by atoms with E-state index in [-0.39, 0.29) is 24.1 Å². The number of nitrogens with one attached hydrogen (secondary N) is 1. The van der Waals surface area contributed by atoms with Crippen molar-refractivity contribution in [2.45, 2.75) is 46.2 Å². The van der Waals surface area contributed by atoms with Crippen LogP contribution in [0, 0.1) is 24.0 Å². The summed E-state index contributed by atoms with van der Waals surface area (Å²) in [5.74, 6) is 1.16. The molecule has 0 fully saturated rings. The van der Waals surface area contributed by atoms with Gasteiger partial charge >= 0.3 is 5.69 Å². The molecule has 0 spiro atoms. The van der Waals surface area contributed by atoms with Crippen molar-refractivity contribution in [1.82, 2.24) is 25.2 Å². The van der Waals surface area contributed by atoms with Gasteiger partial charge in [0.05, 0.1) is 11.5 Å². The van der Waals surface area contributed by atoms with E-state index in [2.05, 4.69) is 20.6 Å². The quantitative estimate of drug-likeness (QED) is 0.599. The van der Waals surface area contributed by atoms with E-state index in [4.69, 9.17) is 4.52 Å². The molecule has 9 nitrogen and oxygen atoms in total. The number of likely N-dealkylation sites (N-methyl/N-ethyl adjacent to an activating group) is 1. The Morgan fingerprint density at radius 2 is 2.13 bits per heavy atom. The summed E-state index contributed by atoms with van der Waals surface area (Å²) >= 11 is 0. The number of halogens is 1. The lowest BCUT2D eigenvalue weighted by Gasteiger charge is -2.04. The van der Waals surface area contributed by atoms with Crippen LogP contribution in [0.5, 0.6) is 0 Å². The summed E-state index contributed by atoms with van der Waals surface area (Å²) < 4.78 is 6.80. The molecular formula is C13H21ClN6O3. The van der Waals surface area contributed by atoms with E-state index >= 15 is 0 Å². The summed E-state index contributed by atoms with van der Waals surface area (Å²) in [7, 11) is 1.88. The zero-order valence-corrected chi connectivity index (χ0v) is 14.4. The van der Waals surface area contributed by atoms with E-state index in [9.17, 15) is 10.1 Å². The number of rotatable bonds is 7. The Labute approximate surface area is 140 Å². The molecule has 128 valence electrons. The average Bonchev–Trinajstić information content (AvgIpc) is 3.00. The highest BCUT2D eigenvalue weighted by molar-refractivity contribution is 5.85. The Morgan fingerprint density at radius 1 is 1.43 bits per heavy atom. The highest BCUT2D eigenvalue weighted by Crippen LogP contribution is 2.21. The molecule has 23 heavy (non-hydrogen) atoms. The van der Waals surface area contributed by atoms with Crippen molar-refractivity contribution in [3.8, 4) is 0 Å². The van der Waals surface area contributed by atoms with E-state index in [1.54, 1.807) is 18.5 Å². The van der Waals surface area contributed by atoms with Crippen LogP contribution in [0.4, 0.5) is 5.69 Å². The molecule has 0 saturated carbocycles. The molecule has 2 rings (SSSR count). The summed E-state index contributed by atoms with van der Waals surface area (Å²) in [6.07, 6.45) is 1.17. The Bertz CT molecular complexity index is 669. The maximum Gasteiger partial charge on any atom is 0.312 e. The van der Waals surface area contributed by atoms with Crippen LogP contribution in [0.3, 0.4) is 0 Å². The van der Waals surface area contributed by atoms with E-state index in [0.29, 0.717) is 42.5 Å². The highest BCUT2D eigenvalue weighted by atomic mass is 35.5. The molecule has 0 bridgehead atoms. The van der Waals surface area contributed by atoms with E-state index in [1.165, 1.54) is 0 Å². The topological polar surface area (TPSA) is 112 Å². The average molecular weight is 345 g/mol. The molecule has 0 amide bonds. The molecule has 2 aromatic rings. The number of aromatic nitrogens is 4. The molecule has 0 aromatic carbocycles. The molecule has 1 N–H and O–H groups in total. The lowest BCUT2D eigenvalue weighted by atomic mass is 10.2. The second kappa shape index (κ2) is 8.02. The molecule has 0 aliphatic carbocycles. The van der Waals surface area contributed by atoms with Crippen molar-refractivity contribution in [2.75, 3.05) is 7.05 Å². The van der Waals surface area contributed by atoms with Gasteiger partial charge in [0.15, 0.2) is 5.82 Å². The van der Waals surface area contributed by atoms with Crippen LogP contribution in [0.1, 0.15) is 30.0 Å². The minimum absolute atomic E-state index is 0. The molecule has 0 radical (unpaired) electrons. The number of nitrogens with zero attached hydrogens (tertiary/aromatic N) is 5. The minimum Gasteiger partial charge on any atom is -0.339 e. The van der Waals surface area contributed by atoms with Gasteiger partial charge in [-0.2, -0.15) is 10.1 Å². The second-order valence-electron chi connectivity index (χ2n) is 5.25. The van der Waals surface area contributed by atoms with Gasteiger partial charge < -0.3 is 9.84 Å². The Balaban J connectivity index is 0.00000264. The smallest absolute Gasteiger partial charge is 0.312 e. The van der Waals surface area contributed by atoms with Crippen LogP contribution >= 0.6 is 12.4 Å². The van der Waals surface area contributed by atoms with Crippen molar-refractivity contribution in [3.05, 3.63) is 33.2 Å². The summed E-state index contributed by atoms with van der Waals surface area (Å²) in [4.78, 5) is 14.9. The van der Waals surface area contributed by atoms with Crippen LogP contribution in [-0.2, 0) is 19.4 Å². The van der Waals surface area contributed by atoms with Gasteiger partial charge in [0, 0.05) is 18.9 Å². The summed E-state index contributed by atoms with van der Waals surface area (Å²) in [5, 5.41) is 22.2. The van der Waals surface area contributed by atoms with Crippen molar-refractivity contribution >= 4 is 18.1 Å². The minimum atomic E-state index is -0.405. The maximum atomic E-state index is 11.0. The number of nitro groups is 1. The number of aryl methyl sites for hydroxylation is 3. The molecule has 0 aliphatic heterocycles. The fraction of sp³-hybridized carbons (Fsp3) is 0.615. The first-order valence-corrected chi connectivity index (χ1v) is 7.09. The van der Waals surface area contributed by atoms with Crippen LogP contribution in [0.25, 0.3) is 0 Å². The third-order valence-electron chi connectivity index (χ3n) is 3.56. The molecule has 2 heterocycles. The second-order valence-corrected chi connectivity index (χ2v) is 5.25. The summed E-state index contributed by atoms with van der Waals surface area (Å²) in [6, 6.07) is 0.268. The highest BCUT2D eigenvalue weighted by Gasteiger charge is 2.21. The molecule has 2 aromatic heterocycles. The van der Waals surface area contributed by atoms with Gasteiger partial charge in [-0.15, -0.1) is 12.4 Å². The van der Waals surface area contributed by atoms with Crippen LogP contribution in [0.2, 0.25) is 0 Å². The van der Waals surface area contributed by atoms with E-state index in [1.807, 2.05) is 14.0 Å². The molecule has 10 heteroatoms. The Morgan fingerprint density at radius 3 is 2.70 bits per heavy atom. The largest absolute Gasteiger partial charge is 0.339 e. The fourth-order valence-corrected chi connectivity index (χ4v) is 2.22. The molecule has 0 saturated heterocycles. The van der Waals surface area contributed by atoms with Gasteiger partial charge in [0.1, 0.15) is 11.4 Å². The lowest BCUT2D eigenvalue weighted by molar-refractivity contribution is -0.386. The first-order valence-electron chi connectivity index (χ1n) is 7.09. The standard InChI is InChI=1S/C13H20N6O3.ClH/c1-8(14-4)7-11-15-12(22-17-11)5-6-18-10(3)13(19(20)21)9(2)16-18;/h8,14H,5-7H2,1-4H3;1H. The zero-order valence-electron chi connectivity index (χ0n) is 13.6. The van der Waals surface area contributed by atoms with Crippen molar-refractivity contribution < 1.29 is 9.45 Å². The fourth-order valence-electron chi connectivity index (χ4n) is 2.22. The van der Waals surface area contributed by atoms with Crippen LogP contribution in [0.15, 0.2) is 4.52 Å². The van der Waals surface area contributed by atoms with Gasteiger partial charge in [-0.05, 0) is 27.8 Å². The van der Waals surface area contributed by atoms with Gasteiger partial charge in [-0.25, -0.2) is 0 Å². The predicted molar refractivity (Wildman–Crippen MR) is 85.8 cm³/mol. The van der Waals surface area contributed by atoms with Gasteiger partial charge in [0.2, 0.25) is 5.89 Å². The van der Waals surface area contributed by atoms with Gasteiger partial charge in [-0.3, -0.25) is 14.8 Å². The molecule has 0 aliphatic rings. The molecule has 1 unspecified atom stereocenters. The number of hydrogen-bond donors (Lipinski definition) is 1. The molecular weight excluding hydrogens is 324 g/mol. The van der Waals surface area contributed by atoms with Crippen LogP contribution < -0.4 is 5.32 Å². The first-order chi connectivity index (χ1) is 10.4. The third-order valence-corrected chi connectivity index (χ3v) is 3.56. The Kier molecular flexibility index (Phi) is 6.64. The SMILES string of the molecule is CNC(C)Cc1noc(CCn2nc(C)c([N+](=O)[O-])c2C)n1.Cl. The van der Waals surface area contributed by atoms with E-state index < -0.39 is 4.92 Å². The summed E-state index contributed by atoms with van der Waals surface area (Å²) in [5.41, 5.74) is 1.01. The maximum absolute atomic E-state index is 11.0. The summed E-state index contributed by atoms with van der Waals surface area (Å²) in [6.45, 7) is 5.81. The third kappa shape index (κ3) is 4.49. The number of hydrogen-bond acceptors (Lipinski definition) is 7. The van der Waals surface area contributed by atoms with Crippen molar-refractivity contribution in [1.29, 1.82) is 0 Å². The van der Waals surface area contributed by atoms with Gasteiger partial charge in [0.25, 0.3) is 0 Å². The molecule has 1 atom stereocenters. The monoisotopic (exact) mass is 344 g/mol.